The molecule has 0 atom stereocenters. The molecule has 1 saturated heterocycles. The lowest BCUT2D eigenvalue weighted by Gasteiger charge is -2.26. The van der Waals surface area contributed by atoms with Crippen molar-refractivity contribution in [3.05, 3.63) is 71.1 Å². The maximum atomic E-state index is 14.3. The van der Waals surface area contributed by atoms with Gasteiger partial charge in [-0.3, -0.25) is 9.69 Å². The molecule has 1 amide bonds. The summed E-state index contributed by atoms with van der Waals surface area (Å²) in [5, 5.41) is 7.99. The third kappa shape index (κ3) is 5.31. The molecular weight excluding hydrogens is 419 g/mol. The van der Waals surface area contributed by atoms with Crippen molar-refractivity contribution in [2.75, 3.05) is 39.4 Å². The van der Waals surface area contributed by atoms with Gasteiger partial charge in [-0.1, -0.05) is 29.8 Å². The maximum Gasteiger partial charge on any atom is 0.270 e. The van der Waals surface area contributed by atoms with Crippen LogP contribution >= 0.6 is 11.6 Å². The number of benzene rings is 2. The molecule has 8 heteroatoms. The molecule has 2 heterocycles. The number of carbonyl (C=O) groups is 1. The van der Waals surface area contributed by atoms with E-state index in [2.05, 4.69) is 15.3 Å². The van der Waals surface area contributed by atoms with E-state index in [9.17, 15) is 9.18 Å². The highest BCUT2D eigenvalue weighted by atomic mass is 35.5. The molecular formula is C23H24ClFN4O2. The summed E-state index contributed by atoms with van der Waals surface area (Å²) in [5.74, 6) is -0.659. The molecule has 0 spiro atoms. The van der Waals surface area contributed by atoms with Crippen LogP contribution in [0.1, 0.15) is 16.9 Å². The number of hydrogen-bond donors (Lipinski definition) is 1. The molecule has 0 bridgehead atoms. The van der Waals surface area contributed by atoms with Gasteiger partial charge in [-0.05, 0) is 49.4 Å². The molecule has 1 aliphatic rings. The van der Waals surface area contributed by atoms with Crippen LogP contribution in [-0.4, -0.2) is 60.0 Å². The number of morpholine rings is 1. The molecule has 1 aromatic heterocycles. The Morgan fingerprint density at radius 2 is 1.94 bits per heavy atom. The molecule has 6 nitrogen and oxygen atoms in total. The van der Waals surface area contributed by atoms with Crippen LogP contribution in [0.15, 0.2) is 54.6 Å². The molecule has 0 unspecified atom stereocenters. The number of amides is 1. The second kappa shape index (κ2) is 10.0. The van der Waals surface area contributed by atoms with Crippen molar-refractivity contribution in [2.24, 2.45) is 0 Å². The number of rotatable bonds is 7. The quantitative estimate of drug-likeness (QED) is 0.566. The number of aromatic nitrogens is 2. The lowest BCUT2D eigenvalue weighted by Crippen LogP contribution is -2.38. The summed E-state index contributed by atoms with van der Waals surface area (Å²) in [6.07, 6.45) is 0.831. The molecule has 162 valence electrons. The van der Waals surface area contributed by atoms with Gasteiger partial charge in [0.25, 0.3) is 5.91 Å². The first kappa shape index (κ1) is 21.5. The Bertz CT molecular complexity index is 1050. The fourth-order valence-corrected chi connectivity index (χ4v) is 3.75. The van der Waals surface area contributed by atoms with Gasteiger partial charge in [0.1, 0.15) is 11.5 Å². The smallest absolute Gasteiger partial charge is 0.270 e. The van der Waals surface area contributed by atoms with Crippen molar-refractivity contribution in [1.82, 2.24) is 20.0 Å². The van der Waals surface area contributed by atoms with Crippen LogP contribution in [0, 0.1) is 5.82 Å². The standard InChI is InChI=1S/C23H24ClFN4O2/c24-17-5-3-6-18(15-17)29-22(16-21(27-29)19-7-1-2-8-20(19)25)23(30)26-9-4-10-28-11-13-31-14-12-28/h1-3,5-8,15-16H,4,9-14H2,(H,26,30). The van der Waals surface area contributed by atoms with Crippen LogP contribution in [-0.2, 0) is 4.74 Å². The van der Waals surface area contributed by atoms with Gasteiger partial charge in [-0.25, -0.2) is 9.07 Å². The molecule has 4 rings (SSSR count). The van der Waals surface area contributed by atoms with E-state index in [0.29, 0.717) is 34.2 Å². The van der Waals surface area contributed by atoms with Crippen molar-refractivity contribution in [2.45, 2.75) is 6.42 Å². The Morgan fingerprint density at radius 1 is 1.13 bits per heavy atom. The highest BCUT2D eigenvalue weighted by molar-refractivity contribution is 6.30. The fourth-order valence-electron chi connectivity index (χ4n) is 3.57. The van der Waals surface area contributed by atoms with E-state index >= 15 is 0 Å². The van der Waals surface area contributed by atoms with E-state index in [1.807, 2.05) is 0 Å². The summed E-state index contributed by atoms with van der Waals surface area (Å²) in [6.45, 7) is 4.78. The molecule has 1 N–H and O–H groups in total. The number of hydrogen-bond acceptors (Lipinski definition) is 4. The van der Waals surface area contributed by atoms with Crippen LogP contribution in [0.25, 0.3) is 16.9 Å². The topological polar surface area (TPSA) is 59.4 Å². The second-order valence-electron chi connectivity index (χ2n) is 7.35. The summed E-state index contributed by atoms with van der Waals surface area (Å²) < 4.78 is 21.2. The lowest BCUT2D eigenvalue weighted by molar-refractivity contribution is 0.0374. The third-order valence-electron chi connectivity index (χ3n) is 5.18. The first-order chi connectivity index (χ1) is 15.1. The van der Waals surface area contributed by atoms with Crippen molar-refractivity contribution < 1.29 is 13.9 Å². The Kier molecular flexibility index (Phi) is 6.96. The largest absolute Gasteiger partial charge is 0.379 e. The second-order valence-corrected chi connectivity index (χ2v) is 7.79. The van der Waals surface area contributed by atoms with Gasteiger partial charge < -0.3 is 10.1 Å². The molecule has 31 heavy (non-hydrogen) atoms. The number of nitrogens with one attached hydrogen (secondary N) is 1. The number of carbonyl (C=O) groups excluding carboxylic acids is 1. The molecule has 0 radical (unpaired) electrons. The van der Waals surface area contributed by atoms with Crippen LogP contribution in [0.5, 0.6) is 0 Å². The van der Waals surface area contributed by atoms with E-state index in [1.54, 1.807) is 48.5 Å². The first-order valence-electron chi connectivity index (χ1n) is 10.3. The van der Waals surface area contributed by atoms with Gasteiger partial charge in [0.15, 0.2) is 0 Å². The summed E-state index contributed by atoms with van der Waals surface area (Å²) >= 11 is 6.14. The van der Waals surface area contributed by atoms with Crippen LogP contribution < -0.4 is 5.32 Å². The normalized spacial score (nSPS) is 14.5. The van der Waals surface area contributed by atoms with Gasteiger partial charge in [0.2, 0.25) is 0 Å². The summed E-state index contributed by atoms with van der Waals surface area (Å²) in [7, 11) is 0. The van der Waals surface area contributed by atoms with Crippen LogP contribution in [0.3, 0.4) is 0 Å². The highest BCUT2D eigenvalue weighted by Gasteiger charge is 2.19. The number of ether oxygens (including phenoxy) is 1. The van der Waals surface area contributed by atoms with Gasteiger partial charge in [0.05, 0.1) is 24.6 Å². The Labute approximate surface area is 185 Å². The Morgan fingerprint density at radius 3 is 2.71 bits per heavy atom. The predicted octanol–water partition coefficient (Wildman–Crippen LogP) is 3.78. The zero-order chi connectivity index (χ0) is 21.6. The SMILES string of the molecule is O=C(NCCCN1CCOCC1)c1cc(-c2ccccc2F)nn1-c1cccc(Cl)c1. The van der Waals surface area contributed by atoms with Gasteiger partial charge in [0, 0.05) is 30.2 Å². The van der Waals surface area contributed by atoms with Gasteiger partial charge >= 0.3 is 0 Å². The van der Waals surface area contributed by atoms with Crippen LogP contribution in [0.4, 0.5) is 4.39 Å². The Hall–Kier alpha value is -2.74. The van der Waals surface area contributed by atoms with Crippen molar-refractivity contribution in [3.8, 4) is 16.9 Å². The monoisotopic (exact) mass is 442 g/mol. The van der Waals surface area contributed by atoms with Gasteiger partial charge in [-0.2, -0.15) is 5.10 Å². The average Bonchev–Trinajstić information content (AvgIpc) is 3.23. The third-order valence-corrected chi connectivity index (χ3v) is 5.42. The minimum Gasteiger partial charge on any atom is -0.379 e. The zero-order valence-electron chi connectivity index (χ0n) is 17.1. The fraction of sp³-hybridized carbons (Fsp3) is 0.304. The first-order valence-corrected chi connectivity index (χ1v) is 10.7. The minimum absolute atomic E-state index is 0.267. The summed E-state index contributed by atoms with van der Waals surface area (Å²) in [4.78, 5) is 15.3. The summed E-state index contributed by atoms with van der Waals surface area (Å²) in [6, 6.07) is 15.0. The maximum absolute atomic E-state index is 14.3. The Balaban J connectivity index is 1.53. The average molecular weight is 443 g/mol. The molecule has 3 aromatic rings. The van der Waals surface area contributed by atoms with E-state index in [1.165, 1.54) is 10.7 Å². The minimum atomic E-state index is -0.393. The molecule has 2 aromatic carbocycles. The highest BCUT2D eigenvalue weighted by Crippen LogP contribution is 2.25. The van der Waals surface area contributed by atoms with E-state index in [-0.39, 0.29) is 5.91 Å². The number of nitrogens with zero attached hydrogens (tertiary/aromatic N) is 3. The van der Waals surface area contributed by atoms with E-state index in [0.717, 1.165) is 39.3 Å². The predicted molar refractivity (Wildman–Crippen MR) is 118 cm³/mol. The lowest BCUT2D eigenvalue weighted by atomic mass is 10.1. The molecule has 1 fully saturated rings. The number of halogens is 2. The van der Waals surface area contributed by atoms with Gasteiger partial charge in [-0.15, -0.1) is 0 Å². The van der Waals surface area contributed by atoms with Crippen molar-refractivity contribution in [3.63, 3.8) is 0 Å². The molecule has 0 saturated carbocycles. The van der Waals surface area contributed by atoms with Crippen molar-refractivity contribution in [1.29, 1.82) is 0 Å². The summed E-state index contributed by atoms with van der Waals surface area (Å²) in [5.41, 5.74) is 1.68. The molecule has 0 aliphatic carbocycles. The van der Waals surface area contributed by atoms with Crippen LogP contribution in [0.2, 0.25) is 5.02 Å². The zero-order valence-corrected chi connectivity index (χ0v) is 17.8. The molecule has 1 aliphatic heterocycles. The van der Waals surface area contributed by atoms with Crippen molar-refractivity contribution >= 4 is 17.5 Å². The van der Waals surface area contributed by atoms with E-state index in [4.69, 9.17) is 16.3 Å². The van der Waals surface area contributed by atoms with E-state index < -0.39 is 5.82 Å².